The molecule has 6 rings (SSSR count). The van der Waals surface area contributed by atoms with Gasteiger partial charge in [-0.15, -0.1) is 0 Å². The predicted molar refractivity (Wildman–Crippen MR) is 123 cm³/mol. The molecular formula is C28H31NO. The van der Waals surface area contributed by atoms with Crippen molar-refractivity contribution < 1.29 is 4.74 Å². The van der Waals surface area contributed by atoms with E-state index in [0.717, 1.165) is 0 Å². The zero-order valence-corrected chi connectivity index (χ0v) is 17.8. The van der Waals surface area contributed by atoms with Crippen LogP contribution in [-0.4, -0.2) is 30.1 Å². The molecule has 3 aromatic rings. The Morgan fingerprint density at radius 2 is 1.37 bits per heavy atom. The van der Waals surface area contributed by atoms with Gasteiger partial charge in [-0.2, -0.15) is 0 Å². The van der Waals surface area contributed by atoms with Gasteiger partial charge in [-0.1, -0.05) is 90.5 Å². The monoisotopic (exact) mass is 397 g/mol. The third-order valence-corrected chi connectivity index (χ3v) is 7.02. The molecule has 0 radical (unpaired) electrons. The van der Waals surface area contributed by atoms with Crippen LogP contribution in [0.3, 0.4) is 0 Å². The van der Waals surface area contributed by atoms with Gasteiger partial charge < -0.3 is 4.74 Å². The van der Waals surface area contributed by atoms with E-state index in [1.165, 1.54) is 48.2 Å². The van der Waals surface area contributed by atoms with Crippen LogP contribution in [0.15, 0.2) is 84.9 Å². The Labute approximate surface area is 180 Å². The molecule has 2 nitrogen and oxygen atoms in total. The van der Waals surface area contributed by atoms with Crippen LogP contribution >= 0.6 is 0 Å². The Kier molecular flexibility index (Phi) is 5.70. The average Bonchev–Trinajstić information content (AvgIpc) is 2.82. The molecule has 3 aliphatic rings. The maximum absolute atomic E-state index is 6.74. The number of hydrogen-bond donors (Lipinski definition) is 0. The standard InChI is InChI=1S/C28H31NO/c1-21-12-14-22(15-13-21)20-30-28-25-16-18-29(19-17-25)27(28)26(23-8-4-2-5-9-23)24-10-6-3-7-11-24/h2-15,25-28H,16-20H2,1H3/t27-,28-/m0/s1. The highest BCUT2D eigenvalue weighted by molar-refractivity contribution is 5.35. The highest BCUT2D eigenvalue weighted by atomic mass is 16.5. The fraction of sp³-hybridized carbons (Fsp3) is 0.357. The molecule has 2 atom stereocenters. The fourth-order valence-electron chi connectivity index (χ4n) is 5.45. The Morgan fingerprint density at radius 1 is 0.800 bits per heavy atom. The van der Waals surface area contributed by atoms with Crippen molar-refractivity contribution >= 4 is 0 Å². The van der Waals surface area contributed by atoms with E-state index in [1.54, 1.807) is 0 Å². The second kappa shape index (κ2) is 8.75. The summed E-state index contributed by atoms with van der Waals surface area (Å²) in [5, 5.41) is 0. The van der Waals surface area contributed by atoms with Crippen LogP contribution in [0.5, 0.6) is 0 Å². The molecule has 2 bridgehead atoms. The third-order valence-electron chi connectivity index (χ3n) is 7.02. The van der Waals surface area contributed by atoms with Gasteiger partial charge in [-0.05, 0) is 55.5 Å². The highest BCUT2D eigenvalue weighted by Crippen LogP contribution is 2.43. The van der Waals surface area contributed by atoms with E-state index in [1.807, 2.05) is 0 Å². The van der Waals surface area contributed by atoms with Crippen LogP contribution in [-0.2, 0) is 11.3 Å². The summed E-state index contributed by atoms with van der Waals surface area (Å²) in [5.41, 5.74) is 5.36. The first-order valence-electron chi connectivity index (χ1n) is 11.3. The van der Waals surface area contributed by atoms with Gasteiger partial charge in [0, 0.05) is 12.0 Å². The molecule has 154 valence electrons. The van der Waals surface area contributed by atoms with Crippen molar-refractivity contribution in [1.82, 2.24) is 4.90 Å². The van der Waals surface area contributed by atoms with E-state index in [2.05, 4.69) is 96.8 Å². The van der Waals surface area contributed by atoms with Crippen LogP contribution in [0.1, 0.15) is 41.0 Å². The number of rotatable bonds is 6. The van der Waals surface area contributed by atoms with Crippen LogP contribution in [0, 0.1) is 12.8 Å². The van der Waals surface area contributed by atoms with Gasteiger partial charge in [-0.3, -0.25) is 4.90 Å². The SMILES string of the molecule is Cc1ccc(CO[C@H]2C3CCN(CC3)[C@H]2C(c2ccccc2)c2ccccc2)cc1. The normalized spacial score (nSPS) is 25.5. The summed E-state index contributed by atoms with van der Waals surface area (Å²) in [5.74, 6) is 0.985. The first-order chi connectivity index (χ1) is 14.8. The maximum atomic E-state index is 6.74. The second-order valence-electron chi connectivity index (χ2n) is 8.92. The smallest absolute Gasteiger partial charge is 0.0773 e. The molecule has 3 saturated heterocycles. The Morgan fingerprint density at radius 3 is 1.93 bits per heavy atom. The summed E-state index contributed by atoms with van der Waals surface area (Å²) in [7, 11) is 0. The quantitative estimate of drug-likeness (QED) is 0.521. The van der Waals surface area contributed by atoms with Crippen molar-refractivity contribution in [3.05, 3.63) is 107 Å². The number of aryl methyl sites for hydroxylation is 1. The van der Waals surface area contributed by atoms with Gasteiger partial charge in [0.25, 0.3) is 0 Å². The van der Waals surface area contributed by atoms with E-state index in [-0.39, 0.29) is 6.10 Å². The van der Waals surface area contributed by atoms with E-state index < -0.39 is 0 Å². The Balaban J connectivity index is 1.48. The lowest BCUT2D eigenvalue weighted by Crippen LogP contribution is -2.60. The summed E-state index contributed by atoms with van der Waals surface area (Å²) in [6, 6.07) is 31.2. The molecule has 0 aromatic heterocycles. The van der Waals surface area contributed by atoms with Crippen molar-refractivity contribution in [1.29, 1.82) is 0 Å². The molecule has 0 unspecified atom stereocenters. The summed E-state index contributed by atoms with van der Waals surface area (Å²) in [4.78, 5) is 2.70. The minimum absolute atomic E-state index is 0.263. The number of hydrogen-bond acceptors (Lipinski definition) is 2. The number of piperidine rings is 3. The van der Waals surface area contributed by atoms with E-state index in [9.17, 15) is 0 Å². The first kappa shape index (κ1) is 19.5. The minimum Gasteiger partial charge on any atom is -0.372 e. The van der Waals surface area contributed by atoms with Gasteiger partial charge in [0.1, 0.15) is 0 Å². The number of ether oxygens (including phenoxy) is 1. The molecule has 0 N–H and O–H groups in total. The molecule has 0 aliphatic carbocycles. The molecule has 0 amide bonds. The number of nitrogens with zero attached hydrogens (tertiary/aromatic N) is 1. The van der Waals surface area contributed by atoms with Gasteiger partial charge in [0.05, 0.1) is 12.7 Å². The Bertz CT molecular complexity index is 890. The van der Waals surface area contributed by atoms with Crippen LogP contribution < -0.4 is 0 Å². The molecule has 3 fully saturated rings. The molecule has 2 heteroatoms. The third kappa shape index (κ3) is 3.95. The van der Waals surface area contributed by atoms with E-state index >= 15 is 0 Å². The average molecular weight is 398 g/mol. The largest absolute Gasteiger partial charge is 0.372 e. The lowest BCUT2D eigenvalue weighted by molar-refractivity contribution is -0.120. The van der Waals surface area contributed by atoms with Crippen LogP contribution in [0.25, 0.3) is 0 Å². The molecule has 0 saturated carbocycles. The number of benzene rings is 3. The zero-order valence-electron chi connectivity index (χ0n) is 17.8. The summed E-state index contributed by atoms with van der Waals surface area (Å²) >= 11 is 0. The molecule has 0 spiro atoms. The molecule has 3 heterocycles. The van der Waals surface area contributed by atoms with Crippen molar-refractivity contribution in [3.63, 3.8) is 0 Å². The fourth-order valence-corrected chi connectivity index (χ4v) is 5.45. The number of fused-ring (bicyclic) bond motifs is 3. The predicted octanol–water partition coefficient (Wildman–Crippen LogP) is 5.81. The molecule has 30 heavy (non-hydrogen) atoms. The Hall–Kier alpha value is -2.42. The first-order valence-corrected chi connectivity index (χ1v) is 11.3. The van der Waals surface area contributed by atoms with Gasteiger partial charge in [-0.25, -0.2) is 0 Å². The summed E-state index contributed by atoms with van der Waals surface area (Å²) < 4.78 is 6.74. The second-order valence-corrected chi connectivity index (χ2v) is 8.92. The van der Waals surface area contributed by atoms with Crippen molar-refractivity contribution in [2.45, 2.75) is 44.4 Å². The van der Waals surface area contributed by atoms with Crippen molar-refractivity contribution in [2.75, 3.05) is 13.1 Å². The topological polar surface area (TPSA) is 12.5 Å². The molecular weight excluding hydrogens is 366 g/mol. The lowest BCUT2D eigenvalue weighted by Gasteiger charge is -2.53. The van der Waals surface area contributed by atoms with E-state index in [0.29, 0.717) is 24.5 Å². The van der Waals surface area contributed by atoms with Gasteiger partial charge in [0.15, 0.2) is 0 Å². The van der Waals surface area contributed by atoms with Crippen molar-refractivity contribution in [2.24, 2.45) is 5.92 Å². The lowest BCUT2D eigenvalue weighted by atomic mass is 9.72. The van der Waals surface area contributed by atoms with E-state index in [4.69, 9.17) is 4.74 Å². The van der Waals surface area contributed by atoms with Gasteiger partial charge >= 0.3 is 0 Å². The molecule has 3 aliphatic heterocycles. The van der Waals surface area contributed by atoms with Crippen molar-refractivity contribution in [3.8, 4) is 0 Å². The van der Waals surface area contributed by atoms with Gasteiger partial charge in [0.2, 0.25) is 0 Å². The van der Waals surface area contributed by atoms with Crippen LogP contribution in [0.2, 0.25) is 0 Å². The zero-order chi connectivity index (χ0) is 20.3. The molecule has 3 aromatic carbocycles. The summed E-state index contributed by atoms with van der Waals surface area (Å²) in [6.45, 7) is 5.21. The minimum atomic E-state index is 0.263. The summed E-state index contributed by atoms with van der Waals surface area (Å²) in [6.07, 6.45) is 2.77. The maximum Gasteiger partial charge on any atom is 0.0773 e. The van der Waals surface area contributed by atoms with Crippen LogP contribution in [0.4, 0.5) is 0 Å². The highest BCUT2D eigenvalue weighted by Gasteiger charge is 2.47.